The van der Waals surface area contributed by atoms with Crippen molar-refractivity contribution < 1.29 is 19.4 Å². The molecule has 1 aromatic rings. The van der Waals surface area contributed by atoms with Gasteiger partial charge in [-0.2, -0.15) is 5.26 Å². The minimum absolute atomic E-state index is 0.0583. The predicted octanol–water partition coefficient (Wildman–Crippen LogP) is 2.31. The molecule has 1 rings (SSSR count). The molecule has 1 aromatic carbocycles. The Bertz CT molecular complexity index is 510. The summed E-state index contributed by atoms with van der Waals surface area (Å²) in [7, 11) is 0. The van der Waals surface area contributed by atoms with Crippen molar-refractivity contribution in [3.05, 3.63) is 35.9 Å². The third-order valence-electron chi connectivity index (χ3n) is 3.00. The van der Waals surface area contributed by atoms with Crippen LogP contribution in [0.15, 0.2) is 30.3 Å². The Balaban J connectivity index is 2.49. The number of hydrogen-bond acceptors (Lipinski definition) is 4. The molecular weight excluding hydrogens is 272 g/mol. The van der Waals surface area contributed by atoms with Crippen molar-refractivity contribution in [2.75, 3.05) is 0 Å². The summed E-state index contributed by atoms with van der Waals surface area (Å²) in [4.78, 5) is 22.7. The van der Waals surface area contributed by atoms with E-state index in [0.29, 0.717) is 6.42 Å². The number of amides is 1. The number of aliphatic carboxylic acids is 1. The number of nitrogens with one attached hydrogen (secondary N) is 1. The smallest absolute Gasteiger partial charge is 0.408 e. The predicted molar refractivity (Wildman–Crippen MR) is 75.2 cm³/mol. The Labute approximate surface area is 123 Å². The summed E-state index contributed by atoms with van der Waals surface area (Å²) in [6.45, 7) is 1.86. The zero-order chi connectivity index (χ0) is 15.7. The van der Waals surface area contributed by atoms with E-state index in [9.17, 15) is 9.59 Å². The maximum atomic E-state index is 11.6. The minimum atomic E-state index is -1.18. The van der Waals surface area contributed by atoms with Crippen molar-refractivity contribution in [3.63, 3.8) is 0 Å². The van der Waals surface area contributed by atoms with Crippen LogP contribution in [0.1, 0.15) is 25.3 Å². The largest absolute Gasteiger partial charge is 0.480 e. The van der Waals surface area contributed by atoms with Crippen LogP contribution in [0.3, 0.4) is 0 Å². The monoisotopic (exact) mass is 290 g/mol. The molecule has 0 aliphatic rings. The van der Waals surface area contributed by atoms with Crippen LogP contribution in [-0.4, -0.2) is 23.2 Å². The van der Waals surface area contributed by atoms with E-state index in [4.69, 9.17) is 15.1 Å². The molecule has 0 aromatic heterocycles. The van der Waals surface area contributed by atoms with Crippen LogP contribution < -0.4 is 5.32 Å². The van der Waals surface area contributed by atoms with Gasteiger partial charge in [-0.05, 0) is 18.4 Å². The molecule has 0 heterocycles. The molecule has 6 nitrogen and oxygen atoms in total. The summed E-state index contributed by atoms with van der Waals surface area (Å²) in [6.07, 6.45) is -0.219. The molecule has 0 aliphatic heterocycles. The van der Waals surface area contributed by atoms with Gasteiger partial charge in [0.2, 0.25) is 0 Å². The van der Waals surface area contributed by atoms with Gasteiger partial charge < -0.3 is 15.2 Å². The number of alkyl carbamates (subject to hydrolysis) is 1. The van der Waals surface area contributed by atoms with Crippen molar-refractivity contribution >= 4 is 12.1 Å². The normalized spacial score (nSPS) is 12.8. The Morgan fingerprint density at radius 2 is 2.05 bits per heavy atom. The number of hydrogen-bond donors (Lipinski definition) is 2. The first kappa shape index (κ1) is 16.5. The van der Waals surface area contributed by atoms with Crippen molar-refractivity contribution in [2.45, 2.75) is 32.4 Å². The van der Waals surface area contributed by atoms with Gasteiger partial charge in [-0.25, -0.2) is 9.59 Å². The van der Waals surface area contributed by atoms with Crippen molar-refractivity contribution in [3.8, 4) is 6.07 Å². The summed E-state index contributed by atoms with van der Waals surface area (Å²) in [6, 6.07) is 9.95. The lowest BCUT2D eigenvalue weighted by Crippen LogP contribution is -2.42. The van der Waals surface area contributed by atoms with Crippen LogP contribution in [0.4, 0.5) is 4.79 Å². The van der Waals surface area contributed by atoms with Gasteiger partial charge in [0.1, 0.15) is 12.6 Å². The molecule has 0 spiro atoms. The van der Waals surface area contributed by atoms with Gasteiger partial charge in [-0.1, -0.05) is 37.3 Å². The Kier molecular flexibility index (Phi) is 6.75. The number of ether oxygens (including phenoxy) is 1. The van der Waals surface area contributed by atoms with E-state index in [2.05, 4.69) is 5.32 Å². The van der Waals surface area contributed by atoms with E-state index in [0.717, 1.165) is 5.56 Å². The summed E-state index contributed by atoms with van der Waals surface area (Å²) in [5.41, 5.74) is 0.808. The first-order valence-electron chi connectivity index (χ1n) is 6.66. The van der Waals surface area contributed by atoms with Gasteiger partial charge in [0.15, 0.2) is 0 Å². The highest BCUT2D eigenvalue weighted by molar-refractivity contribution is 5.79. The third-order valence-corrected chi connectivity index (χ3v) is 3.00. The maximum Gasteiger partial charge on any atom is 0.408 e. The van der Waals surface area contributed by atoms with Crippen molar-refractivity contribution in [2.24, 2.45) is 5.92 Å². The molecule has 1 unspecified atom stereocenters. The number of nitrogens with zero attached hydrogens (tertiary/aromatic N) is 1. The number of carbonyl (C=O) groups excluding carboxylic acids is 1. The third kappa shape index (κ3) is 5.95. The number of carbonyl (C=O) groups is 2. The second-order valence-corrected chi connectivity index (χ2v) is 4.57. The second-order valence-electron chi connectivity index (χ2n) is 4.57. The van der Waals surface area contributed by atoms with E-state index < -0.39 is 24.0 Å². The summed E-state index contributed by atoms with van der Waals surface area (Å²) >= 11 is 0. The first-order valence-corrected chi connectivity index (χ1v) is 6.66. The topological polar surface area (TPSA) is 99.4 Å². The second kappa shape index (κ2) is 8.59. The Morgan fingerprint density at radius 3 is 2.57 bits per heavy atom. The van der Waals surface area contributed by atoms with Crippen LogP contribution in [-0.2, 0) is 16.1 Å². The van der Waals surface area contributed by atoms with Crippen LogP contribution in [0.25, 0.3) is 0 Å². The SMILES string of the molecule is CCC(C#N)C[C@H](NC(=O)OCc1ccccc1)C(=O)O. The van der Waals surface area contributed by atoms with Gasteiger partial charge >= 0.3 is 12.1 Å². The number of benzene rings is 1. The summed E-state index contributed by atoms with van der Waals surface area (Å²) in [5, 5.41) is 20.2. The number of rotatable bonds is 7. The van der Waals surface area contributed by atoms with Gasteiger partial charge in [0, 0.05) is 5.92 Å². The van der Waals surface area contributed by atoms with Gasteiger partial charge in [-0.15, -0.1) is 0 Å². The summed E-state index contributed by atoms with van der Waals surface area (Å²) in [5.74, 6) is -1.60. The quantitative estimate of drug-likeness (QED) is 0.802. The molecule has 21 heavy (non-hydrogen) atoms. The van der Waals surface area contributed by atoms with Crippen LogP contribution >= 0.6 is 0 Å². The summed E-state index contributed by atoms with van der Waals surface area (Å²) < 4.78 is 4.96. The van der Waals surface area contributed by atoms with Crippen molar-refractivity contribution in [1.82, 2.24) is 5.32 Å². The van der Waals surface area contributed by atoms with E-state index in [1.807, 2.05) is 24.3 Å². The molecule has 0 radical (unpaired) electrons. The first-order chi connectivity index (χ1) is 10.1. The lowest BCUT2D eigenvalue weighted by Gasteiger charge is -2.16. The Morgan fingerprint density at radius 1 is 1.38 bits per heavy atom. The van der Waals surface area contributed by atoms with E-state index in [1.165, 1.54) is 0 Å². The fourth-order valence-corrected chi connectivity index (χ4v) is 1.72. The van der Waals surface area contributed by atoms with Crippen LogP contribution in [0.2, 0.25) is 0 Å². The highest BCUT2D eigenvalue weighted by Crippen LogP contribution is 2.10. The number of carboxylic acids is 1. The molecule has 0 saturated heterocycles. The fourth-order valence-electron chi connectivity index (χ4n) is 1.72. The minimum Gasteiger partial charge on any atom is -0.480 e. The van der Waals surface area contributed by atoms with Gasteiger partial charge in [0.05, 0.1) is 6.07 Å². The van der Waals surface area contributed by atoms with E-state index in [-0.39, 0.29) is 13.0 Å². The standard InChI is InChI=1S/C15H18N2O4/c1-2-11(9-16)8-13(14(18)19)17-15(20)21-10-12-6-4-3-5-7-12/h3-7,11,13H,2,8,10H2,1H3,(H,17,20)(H,18,19)/t11?,13-/m0/s1. The van der Waals surface area contributed by atoms with Crippen LogP contribution in [0, 0.1) is 17.2 Å². The molecule has 0 saturated carbocycles. The molecule has 0 bridgehead atoms. The number of carboxylic acid groups (broad SMARTS) is 1. The molecule has 112 valence electrons. The number of nitriles is 1. The zero-order valence-electron chi connectivity index (χ0n) is 11.8. The highest BCUT2D eigenvalue weighted by Gasteiger charge is 2.24. The average Bonchev–Trinajstić information content (AvgIpc) is 2.50. The molecule has 0 fully saturated rings. The fraction of sp³-hybridized carbons (Fsp3) is 0.400. The molecule has 6 heteroatoms. The Hall–Kier alpha value is -2.55. The molecule has 2 N–H and O–H groups in total. The zero-order valence-corrected chi connectivity index (χ0v) is 11.8. The lowest BCUT2D eigenvalue weighted by atomic mass is 9.99. The highest BCUT2D eigenvalue weighted by atomic mass is 16.5. The maximum absolute atomic E-state index is 11.6. The molecule has 2 atom stereocenters. The molecular formula is C15H18N2O4. The lowest BCUT2D eigenvalue weighted by molar-refractivity contribution is -0.139. The van der Waals surface area contributed by atoms with E-state index >= 15 is 0 Å². The van der Waals surface area contributed by atoms with Crippen molar-refractivity contribution in [1.29, 1.82) is 5.26 Å². The van der Waals surface area contributed by atoms with Gasteiger partial charge in [-0.3, -0.25) is 0 Å². The van der Waals surface area contributed by atoms with E-state index in [1.54, 1.807) is 19.1 Å². The van der Waals surface area contributed by atoms with Gasteiger partial charge in [0.25, 0.3) is 0 Å². The molecule has 0 aliphatic carbocycles. The van der Waals surface area contributed by atoms with Crippen LogP contribution in [0.5, 0.6) is 0 Å². The molecule has 1 amide bonds. The average molecular weight is 290 g/mol.